The van der Waals surface area contributed by atoms with Crippen LogP contribution < -0.4 is 4.90 Å². The van der Waals surface area contributed by atoms with E-state index in [2.05, 4.69) is 25.0 Å². The molecule has 4 rings (SSSR count). The maximum Gasteiger partial charge on any atom is 0.248 e. The van der Waals surface area contributed by atoms with E-state index in [1.54, 1.807) is 20.0 Å². The lowest BCUT2D eigenvalue weighted by Crippen LogP contribution is -2.49. The van der Waals surface area contributed by atoms with Crippen molar-refractivity contribution in [3.63, 3.8) is 0 Å². The Morgan fingerprint density at radius 2 is 1.71 bits per heavy atom. The number of rotatable bonds is 4. The monoisotopic (exact) mass is 403 g/mol. The van der Waals surface area contributed by atoms with Crippen molar-refractivity contribution >= 4 is 15.8 Å². The highest BCUT2D eigenvalue weighted by Gasteiger charge is 2.33. The highest BCUT2D eigenvalue weighted by Crippen LogP contribution is 2.25. The maximum atomic E-state index is 13.0. The van der Waals surface area contributed by atoms with Crippen LogP contribution in [0.1, 0.15) is 17.3 Å². The first-order valence-electron chi connectivity index (χ1n) is 8.88. The largest absolute Gasteiger partial charge is 0.360 e. The predicted molar refractivity (Wildman–Crippen MR) is 101 cm³/mol. The molecule has 0 bridgehead atoms. The lowest BCUT2D eigenvalue weighted by atomic mass is 10.3. The van der Waals surface area contributed by atoms with Crippen LogP contribution >= 0.6 is 0 Å². The summed E-state index contributed by atoms with van der Waals surface area (Å²) in [5.41, 5.74) is 0.385. The van der Waals surface area contributed by atoms with Crippen LogP contribution in [0.5, 0.6) is 0 Å². The van der Waals surface area contributed by atoms with Crippen molar-refractivity contribution in [2.45, 2.75) is 25.7 Å². The number of imidazole rings is 1. The van der Waals surface area contributed by atoms with Gasteiger partial charge in [-0.25, -0.2) is 23.4 Å². The molecular formula is C17H21N7O3S. The molecule has 3 aromatic heterocycles. The Bertz CT molecular complexity index is 1080. The summed E-state index contributed by atoms with van der Waals surface area (Å²) < 4.78 is 34.3. The normalized spacial score (nSPS) is 15.9. The Labute approximate surface area is 162 Å². The molecule has 0 saturated carbocycles. The SMILES string of the molecule is Cc1noc(C)c1S(=O)(=O)N1CCN(c2cc(-n3ccnc3C)ncn2)CC1. The molecule has 28 heavy (non-hydrogen) atoms. The zero-order valence-corrected chi connectivity index (χ0v) is 16.7. The van der Waals surface area contributed by atoms with Crippen LogP contribution in [-0.2, 0) is 10.0 Å². The Balaban J connectivity index is 1.51. The molecule has 148 valence electrons. The van der Waals surface area contributed by atoms with Gasteiger partial charge < -0.3 is 9.42 Å². The van der Waals surface area contributed by atoms with Gasteiger partial charge in [-0.1, -0.05) is 5.16 Å². The predicted octanol–water partition coefficient (Wildman–Crippen LogP) is 1.09. The summed E-state index contributed by atoms with van der Waals surface area (Å²) >= 11 is 0. The summed E-state index contributed by atoms with van der Waals surface area (Å²) in [6.45, 7) is 6.93. The number of hydrogen-bond donors (Lipinski definition) is 0. The zero-order chi connectivity index (χ0) is 19.9. The van der Waals surface area contributed by atoms with Gasteiger partial charge in [-0.15, -0.1) is 0 Å². The van der Waals surface area contributed by atoms with Crippen LogP contribution in [0.25, 0.3) is 5.82 Å². The van der Waals surface area contributed by atoms with Gasteiger partial charge in [-0.2, -0.15) is 4.31 Å². The van der Waals surface area contributed by atoms with Crippen LogP contribution in [-0.4, -0.2) is 63.6 Å². The van der Waals surface area contributed by atoms with E-state index in [0.29, 0.717) is 37.6 Å². The first-order chi connectivity index (χ1) is 13.4. The van der Waals surface area contributed by atoms with Gasteiger partial charge in [0.25, 0.3) is 0 Å². The van der Waals surface area contributed by atoms with E-state index < -0.39 is 10.0 Å². The van der Waals surface area contributed by atoms with E-state index >= 15 is 0 Å². The summed E-state index contributed by atoms with van der Waals surface area (Å²) in [5.74, 6) is 2.63. The zero-order valence-electron chi connectivity index (χ0n) is 15.9. The summed E-state index contributed by atoms with van der Waals surface area (Å²) in [4.78, 5) is 15.1. The fraction of sp³-hybridized carbons (Fsp3) is 0.412. The molecule has 3 aromatic rings. The summed E-state index contributed by atoms with van der Waals surface area (Å²) in [6.07, 6.45) is 5.07. The molecule has 0 spiro atoms. The third kappa shape index (κ3) is 3.16. The van der Waals surface area contributed by atoms with E-state index in [-0.39, 0.29) is 4.90 Å². The third-order valence-electron chi connectivity index (χ3n) is 4.84. The van der Waals surface area contributed by atoms with Gasteiger partial charge in [0.05, 0.1) is 0 Å². The Hall–Kier alpha value is -2.79. The molecule has 0 aliphatic carbocycles. The van der Waals surface area contributed by atoms with Gasteiger partial charge in [-0.05, 0) is 20.8 Å². The number of aryl methyl sites for hydroxylation is 3. The number of piperazine rings is 1. The van der Waals surface area contributed by atoms with Gasteiger partial charge >= 0.3 is 0 Å². The van der Waals surface area contributed by atoms with Gasteiger partial charge in [0.15, 0.2) is 5.76 Å². The average Bonchev–Trinajstić information content (AvgIpc) is 3.27. The average molecular weight is 403 g/mol. The molecular weight excluding hydrogens is 382 g/mol. The molecule has 0 N–H and O–H groups in total. The van der Waals surface area contributed by atoms with Gasteiger partial charge in [0.1, 0.15) is 34.4 Å². The van der Waals surface area contributed by atoms with Crippen molar-refractivity contribution < 1.29 is 12.9 Å². The molecule has 1 aliphatic rings. The number of aromatic nitrogens is 5. The van der Waals surface area contributed by atoms with Crippen molar-refractivity contribution in [2.75, 3.05) is 31.1 Å². The van der Waals surface area contributed by atoms with Crippen molar-refractivity contribution in [1.82, 2.24) is 29.0 Å². The highest BCUT2D eigenvalue weighted by atomic mass is 32.2. The summed E-state index contributed by atoms with van der Waals surface area (Å²) in [7, 11) is -3.63. The van der Waals surface area contributed by atoms with E-state index in [0.717, 1.165) is 17.5 Å². The fourth-order valence-electron chi connectivity index (χ4n) is 3.39. The van der Waals surface area contributed by atoms with Gasteiger partial charge in [-0.3, -0.25) is 4.57 Å². The Morgan fingerprint density at radius 1 is 1.00 bits per heavy atom. The minimum Gasteiger partial charge on any atom is -0.360 e. The van der Waals surface area contributed by atoms with Crippen LogP contribution in [0.3, 0.4) is 0 Å². The maximum absolute atomic E-state index is 13.0. The molecule has 0 amide bonds. The van der Waals surface area contributed by atoms with Crippen LogP contribution in [0.15, 0.2) is 34.2 Å². The van der Waals surface area contributed by atoms with E-state index in [1.165, 1.54) is 10.6 Å². The molecule has 1 aliphatic heterocycles. The third-order valence-corrected chi connectivity index (χ3v) is 6.98. The second kappa shape index (κ2) is 6.99. The van der Waals surface area contributed by atoms with Crippen molar-refractivity contribution in [3.05, 3.63) is 42.1 Å². The minimum atomic E-state index is -3.63. The quantitative estimate of drug-likeness (QED) is 0.637. The fourth-order valence-corrected chi connectivity index (χ4v) is 5.10. The number of anilines is 1. The Morgan fingerprint density at radius 3 is 2.32 bits per heavy atom. The topological polar surface area (TPSA) is 110 Å². The molecule has 0 aromatic carbocycles. The highest BCUT2D eigenvalue weighted by molar-refractivity contribution is 7.89. The Kier molecular flexibility index (Phi) is 4.63. The van der Waals surface area contributed by atoms with Crippen molar-refractivity contribution in [2.24, 2.45) is 0 Å². The van der Waals surface area contributed by atoms with Gasteiger partial charge in [0.2, 0.25) is 10.0 Å². The number of nitrogens with zero attached hydrogens (tertiary/aromatic N) is 7. The van der Waals surface area contributed by atoms with Crippen LogP contribution in [0.2, 0.25) is 0 Å². The van der Waals surface area contributed by atoms with Gasteiger partial charge in [0, 0.05) is 44.6 Å². The van der Waals surface area contributed by atoms with Crippen LogP contribution in [0.4, 0.5) is 5.82 Å². The molecule has 1 fully saturated rings. The van der Waals surface area contributed by atoms with E-state index in [4.69, 9.17) is 4.52 Å². The van der Waals surface area contributed by atoms with Crippen molar-refractivity contribution in [3.8, 4) is 5.82 Å². The standard InChI is InChI=1S/C17H21N7O3S/c1-12-17(13(2)27-21-12)28(25,26)23-8-6-22(7-9-23)15-10-16(20-11-19-15)24-5-4-18-14(24)3/h4-5,10-11H,6-9H2,1-3H3. The van der Waals surface area contributed by atoms with E-state index in [9.17, 15) is 8.42 Å². The molecule has 11 heteroatoms. The van der Waals surface area contributed by atoms with E-state index in [1.807, 2.05) is 23.8 Å². The molecule has 10 nitrogen and oxygen atoms in total. The minimum absolute atomic E-state index is 0.167. The molecule has 0 atom stereocenters. The summed E-state index contributed by atoms with van der Waals surface area (Å²) in [6, 6.07) is 1.88. The van der Waals surface area contributed by atoms with Crippen molar-refractivity contribution in [1.29, 1.82) is 0 Å². The molecule has 4 heterocycles. The second-order valence-corrected chi connectivity index (χ2v) is 8.50. The van der Waals surface area contributed by atoms with Crippen LogP contribution in [0, 0.1) is 20.8 Å². The first-order valence-corrected chi connectivity index (χ1v) is 10.3. The molecule has 0 radical (unpaired) electrons. The lowest BCUT2D eigenvalue weighted by Gasteiger charge is -2.34. The number of sulfonamides is 1. The second-order valence-electron chi connectivity index (χ2n) is 6.62. The molecule has 0 unspecified atom stereocenters. The summed E-state index contributed by atoms with van der Waals surface area (Å²) in [5, 5.41) is 3.77. The molecule has 1 saturated heterocycles. The first kappa shape index (κ1) is 18.6. The number of hydrogen-bond acceptors (Lipinski definition) is 8. The smallest absolute Gasteiger partial charge is 0.248 e. The lowest BCUT2D eigenvalue weighted by molar-refractivity contribution is 0.377.